The highest BCUT2D eigenvalue weighted by Gasteiger charge is 2.35. The number of carbonyl (C=O) groups excluding carboxylic acids is 1. The van der Waals surface area contributed by atoms with Crippen LogP contribution in [-0.4, -0.2) is 42.1 Å². The molecular formula is C26H31F5N4O3Si. The fourth-order valence-corrected chi connectivity index (χ4v) is 5.30. The molecule has 0 bridgehead atoms. The summed E-state index contributed by atoms with van der Waals surface area (Å²) in [6.07, 6.45) is -4.92. The smallest absolute Gasteiger partial charge is 0.383 e. The number of nitrogens with zero attached hydrogens (tertiary/aromatic N) is 3. The van der Waals surface area contributed by atoms with Crippen molar-refractivity contribution in [2.75, 3.05) is 19.4 Å². The fourth-order valence-electron chi connectivity index (χ4n) is 4.55. The molecule has 4 rings (SSSR count). The summed E-state index contributed by atoms with van der Waals surface area (Å²) in [6.45, 7) is 9.00. The summed E-state index contributed by atoms with van der Waals surface area (Å²) in [5.74, 6) is -3.14. The lowest BCUT2D eigenvalue weighted by atomic mass is 10.0. The minimum absolute atomic E-state index is 0.0122. The van der Waals surface area contributed by atoms with Crippen LogP contribution in [0.15, 0.2) is 18.2 Å². The van der Waals surface area contributed by atoms with Gasteiger partial charge in [0.15, 0.2) is 0 Å². The predicted molar refractivity (Wildman–Crippen MR) is 139 cm³/mol. The van der Waals surface area contributed by atoms with Gasteiger partial charge in [0.25, 0.3) is 5.91 Å². The topological polar surface area (TPSA) is 82.6 Å². The molecule has 1 aromatic carbocycles. The molecule has 0 spiro atoms. The maximum Gasteiger partial charge on any atom is 0.416 e. The van der Waals surface area contributed by atoms with Crippen LogP contribution in [0, 0.1) is 11.6 Å². The number of ether oxygens (including phenoxy) is 2. The zero-order chi connectivity index (χ0) is 28.9. The van der Waals surface area contributed by atoms with Crippen molar-refractivity contribution in [3.63, 3.8) is 0 Å². The summed E-state index contributed by atoms with van der Waals surface area (Å²) in [6, 6.07) is 1.65. The van der Waals surface area contributed by atoms with Gasteiger partial charge in [-0.3, -0.25) is 4.79 Å². The molecule has 1 unspecified atom stereocenters. The molecule has 212 valence electrons. The van der Waals surface area contributed by atoms with E-state index < -0.39 is 49.0 Å². The van der Waals surface area contributed by atoms with Gasteiger partial charge in [0.05, 0.1) is 35.9 Å². The molecule has 0 saturated carbocycles. The standard InChI is InChI=1S/C26H31F5N4O3Si/c1-14(22-18(27)8-15(9-19(22)28)26(29,30)31)34(2)25(36)21-10-20-23(16-11-38-12-17(16)24(32)33-20)35(21)13-37-6-7-39(3,4)5/h8-10,14H,6-7,11-13H2,1-5H3,(H2,32,33). The summed E-state index contributed by atoms with van der Waals surface area (Å²) in [7, 11) is -0.0630. The van der Waals surface area contributed by atoms with Crippen molar-refractivity contribution in [2.45, 2.75) is 64.8 Å². The van der Waals surface area contributed by atoms with E-state index in [0.717, 1.165) is 22.1 Å². The van der Waals surface area contributed by atoms with Crippen LogP contribution in [0.1, 0.15) is 45.7 Å². The van der Waals surface area contributed by atoms with Crippen LogP contribution < -0.4 is 5.73 Å². The molecule has 1 aliphatic heterocycles. The van der Waals surface area contributed by atoms with E-state index in [1.165, 1.54) is 20.0 Å². The molecule has 2 N–H and O–H groups in total. The number of aromatic nitrogens is 2. The van der Waals surface area contributed by atoms with Gasteiger partial charge < -0.3 is 24.7 Å². The Hall–Kier alpha value is -3.03. The second-order valence-electron chi connectivity index (χ2n) is 10.9. The normalized spacial score (nSPS) is 14.6. The molecule has 7 nitrogen and oxygen atoms in total. The maximum absolute atomic E-state index is 14.7. The van der Waals surface area contributed by atoms with E-state index in [9.17, 15) is 26.7 Å². The van der Waals surface area contributed by atoms with E-state index in [2.05, 4.69) is 24.6 Å². The molecule has 1 atom stereocenters. The Labute approximate surface area is 223 Å². The molecule has 13 heteroatoms. The van der Waals surface area contributed by atoms with Gasteiger partial charge >= 0.3 is 6.18 Å². The third kappa shape index (κ3) is 5.80. The molecule has 1 aliphatic rings. The van der Waals surface area contributed by atoms with E-state index in [1.54, 1.807) is 4.57 Å². The molecule has 0 aliphatic carbocycles. The molecule has 0 saturated heterocycles. The lowest BCUT2D eigenvalue weighted by Crippen LogP contribution is -2.32. The molecule has 2 aromatic heterocycles. The number of benzene rings is 1. The summed E-state index contributed by atoms with van der Waals surface area (Å²) < 4.78 is 81.7. The number of carbonyl (C=O) groups is 1. The number of hydrogen-bond donors (Lipinski definition) is 1. The van der Waals surface area contributed by atoms with Crippen molar-refractivity contribution >= 4 is 30.8 Å². The van der Waals surface area contributed by atoms with Crippen molar-refractivity contribution in [3.05, 3.63) is 57.8 Å². The maximum atomic E-state index is 14.7. The minimum atomic E-state index is -4.92. The lowest BCUT2D eigenvalue weighted by molar-refractivity contribution is -0.138. The first kappa shape index (κ1) is 29.0. The number of rotatable bonds is 8. The van der Waals surface area contributed by atoms with Crippen molar-refractivity contribution in [2.24, 2.45) is 0 Å². The van der Waals surface area contributed by atoms with E-state index in [0.29, 0.717) is 17.6 Å². The van der Waals surface area contributed by atoms with E-state index in [-0.39, 0.29) is 43.6 Å². The Morgan fingerprint density at radius 3 is 2.38 bits per heavy atom. The Morgan fingerprint density at radius 2 is 1.79 bits per heavy atom. The van der Waals surface area contributed by atoms with Crippen molar-refractivity contribution in [1.82, 2.24) is 14.5 Å². The summed E-state index contributed by atoms with van der Waals surface area (Å²) in [4.78, 5) is 19.2. The number of fused-ring (bicyclic) bond motifs is 3. The van der Waals surface area contributed by atoms with Crippen LogP contribution in [0.25, 0.3) is 11.0 Å². The third-order valence-electron chi connectivity index (χ3n) is 6.93. The molecule has 0 radical (unpaired) electrons. The van der Waals surface area contributed by atoms with Gasteiger partial charge in [-0.05, 0) is 31.2 Å². The number of alkyl halides is 3. The number of anilines is 1. The van der Waals surface area contributed by atoms with Gasteiger partial charge in [0, 0.05) is 38.4 Å². The molecule has 3 aromatic rings. The van der Waals surface area contributed by atoms with Gasteiger partial charge in [-0.2, -0.15) is 13.2 Å². The fraction of sp³-hybridized carbons (Fsp3) is 0.462. The average Bonchev–Trinajstić information content (AvgIpc) is 3.44. The van der Waals surface area contributed by atoms with Crippen molar-refractivity contribution in [1.29, 1.82) is 0 Å². The average molecular weight is 571 g/mol. The highest BCUT2D eigenvalue weighted by molar-refractivity contribution is 6.76. The van der Waals surface area contributed by atoms with Crippen molar-refractivity contribution in [3.8, 4) is 0 Å². The third-order valence-corrected chi connectivity index (χ3v) is 8.64. The predicted octanol–water partition coefficient (Wildman–Crippen LogP) is 6.09. The highest BCUT2D eigenvalue weighted by atomic mass is 28.3. The second kappa shape index (κ2) is 10.5. The van der Waals surface area contributed by atoms with Crippen molar-refractivity contribution < 1.29 is 36.2 Å². The van der Waals surface area contributed by atoms with Gasteiger partial charge in [-0.25, -0.2) is 13.8 Å². The molecule has 3 heterocycles. The van der Waals surface area contributed by atoms with E-state index in [4.69, 9.17) is 15.2 Å². The summed E-state index contributed by atoms with van der Waals surface area (Å²) in [5, 5.41) is 0. The second-order valence-corrected chi connectivity index (χ2v) is 16.6. The zero-order valence-electron chi connectivity index (χ0n) is 22.4. The molecular weight excluding hydrogens is 539 g/mol. The van der Waals surface area contributed by atoms with Crippen LogP contribution >= 0.6 is 0 Å². The van der Waals surface area contributed by atoms with Gasteiger partial charge in [-0.15, -0.1) is 0 Å². The largest absolute Gasteiger partial charge is 0.416 e. The number of pyridine rings is 1. The Bertz CT molecular complexity index is 1390. The van der Waals surface area contributed by atoms with E-state index >= 15 is 0 Å². The Balaban J connectivity index is 1.72. The number of nitrogens with two attached hydrogens (primary N) is 1. The number of amides is 1. The van der Waals surface area contributed by atoms with Crippen LogP contribution in [0.2, 0.25) is 25.7 Å². The number of nitrogen functional groups attached to an aromatic ring is 1. The van der Waals surface area contributed by atoms with Crippen LogP contribution in [0.4, 0.5) is 27.8 Å². The van der Waals surface area contributed by atoms with Gasteiger partial charge in [0.2, 0.25) is 0 Å². The SMILES string of the molecule is CC(c1c(F)cc(C(F)(F)F)cc1F)N(C)C(=O)c1cc2nc(N)c3c(c2n1COCC[Si](C)(C)C)COC3. The first-order valence-corrected chi connectivity index (χ1v) is 16.1. The van der Waals surface area contributed by atoms with E-state index in [1.807, 2.05) is 0 Å². The minimum Gasteiger partial charge on any atom is -0.383 e. The van der Waals surface area contributed by atoms with Gasteiger partial charge in [-0.1, -0.05) is 19.6 Å². The molecule has 39 heavy (non-hydrogen) atoms. The first-order chi connectivity index (χ1) is 18.1. The highest BCUT2D eigenvalue weighted by Crippen LogP contribution is 2.36. The summed E-state index contributed by atoms with van der Waals surface area (Å²) in [5.41, 5.74) is 6.70. The van der Waals surface area contributed by atoms with Crippen LogP contribution in [0.3, 0.4) is 0 Å². The van der Waals surface area contributed by atoms with Gasteiger partial charge in [0.1, 0.15) is 29.9 Å². The van der Waals surface area contributed by atoms with Crippen LogP contribution in [-0.2, 0) is 35.6 Å². The summed E-state index contributed by atoms with van der Waals surface area (Å²) >= 11 is 0. The quantitative estimate of drug-likeness (QED) is 0.201. The van der Waals surface area contributed by atoms with Crippen LogP contribution in [0.5, 0.6) is 0 Å². The lowest BCUT2D eigenvalue weighted by Gasteiger charge is -2.27. The zero-order valence-corrected chi connectivity index (χ0v) is 23.4. The molecule has 1 amide bonds. The number of hydrogen-bond acceptors (Lipinski definition) is 5. The Kier molecular flexibility index (Phi) is 7.80. The first-order valence-electron chi connectivity index (χ1n) is 12.4. The molecule has 0 fully saturated rings. The monoisotopic (exact) mass is 570 g/mol. The number of halogens is 5. The Morgan fingerprint density at radius 1 is 1.18 bits per heavy atom.